The summed E-state index contributed by atoms with van der Waals surface area (Å²) < 4.78 is 2.78. The normalized spacial score (nSPS) is 11.3. The SMILES string of the molecule is Cc1cc(Sn2ncc3ccccc3c2=O)ccc1Sn1ncc2ccccc2c1=O. The zero-order chi connectivity index (χ0) is 21.4. The second-order valence-electron chi connectivity index (χ2n) is 6.93. The van der Waals surface area contributed by atoms with Crippen LogP contribution in [0.25, 0.3) is 21.5 Å². The molecule has 2 aromatic heterocycles. The van der Waals surface area contributed by atoms with E-state index in [2.05, 4.69) is 10.2 Å². The molecule has 31 heavy (non-hydrogen) atoms. The van der Waals surface area contributed by atoms with E-state index in [0.29, 0.717) is 10.8 Å². The van der Waals surface area contributed by atoms with Crippen molar-refractivity contribution in [1.29, 1.82) is 0 Å². The molecule has 5 aromatic rings. The van der Waals surface area contributed by atoms with Gasteiger partial charge in [-0.25, -0.2) is 0 Å². The first-order chi connectivity index (χ1) is 15.1. The van der Waals surface area contributed by atoms with E-state index in [9.17, 15) is 9.59 Å². The van der Waals surface area contributed by atoms with Crippen molar-refractivity contribution in [3.63, 3.8) is 0 Å². The first kappa shape index (κ1) is 19.6. The van der Waals surface area contributed by atoms with Crippen molar-refractivity contribution in [1.82, 2.24) is 18.4 Å². The average molecular weight is 445 g/mol. The van der Waals surface area contributed by atoms with Crippen LogP contribution in [0.1, 0.15) is 5.56 Å². The predicted octanol–water partition coefficient (Wildman–Crippen LogP) is 4.53. The maximum absolute atomic E-state index is 12.7. The third kappa shape index (κ3) is 3.75. The fourth-order valence-corrected chi connectivity index (χ4v) is 4.88. The van der Waals surface area contributed by atoms with Gasteiger partial charge in [0.05, 0.1) is 23.2 Å². The maximum Gasteiger partial charge on any atom is 0.285 e. The van der Waals surface area contributed by atoms with Crippen molar-refractivity contribution in [2.45, 2.75) is 16.7 Å². The van der Waals surface area contributed by atoms with E-state index < -0.39 is 0 Å². The number of aryl methyl sites for hydroxylation is 1. The van der Waals surface area contributed by atoms with E-state index in [1.165, 1.54) is 32.1 Å². The predicted molar refractivity (Wildman–Crippen MR) is 126 cm³/mol. The fourth-order valence-electron chi connectivity index (χ4n) is 3.25. The number of benzene rings is 3. The van der Waals surface area contributed by atoms with E-state index in [1.54, 1.807) is 24.5 Å². The van der Waals surface area contributed by atoms with E-state index in [4.69, 9.17) is 0 Å². The number of aromatic nitrogens is 4. The summed E-state index contributed by atoms with van der Waals surface area (Å²) in [5, 5.41) is 11.5. The molecule has 0 aliphatic heterocycles. The van der Waals surface area contributed by atoms with Crippen molar-refractivity contribution < 1.29 is 0 Å². The van der Waals surface area contributed by atoms with Gasteiger partial charge in [-0.05, 0) is 42.8 Å². The zero-order valence-electron chi connectivity index (χ0n) is 16.4. The van der Waals surface area contributed by atoms with Gasteiger partial charge in [0, 0.05) is 44.5 Å². The van der Waals surface area contributed by atoms with Crippen molar-refractivity contribution in [2.75, 3.05) is 0 Å². The van der Waals surface area contributed by atoms with Gasteiger partial charge in [-0.3, -0.25) is 9.59 Å². The lowest BCUT2D eigenvalue weighted by atomic mass is 10.2. The molecule has 0 radical (unpaired) electrons. The zero-order valence-corrected chi connectivity index (χ0v) is 18.1. The van der Waals surface area contributed by atoms with E-state index in [1.807, 2.05) is 61.5 Å². The minimum absolute atomic E-state index is 0.145. The van der Waals surface area contributed by atoms with Crippen LogP contribution in [0.3, 0.4) is 0 Å². The van der Waals surface area contributed by atoms with Gasteiger partial charge in [0.1, 0.15) is 0 Å². The maximum atomic E-state index is 12.7. The van der Waals surface area contributed by atoms with Crippen LogP contribution in [0.4, 0.5) is 0 Å². The molecule has 0 aliphatic carbocycles. The van der Waals surface area contributed by atoms with Crippen molar-refractivity contribution in [3.8, 4) is 0 Å². The van der Waals surface area contributed by atoms with Gasteiger partial charge in [-0.15, -0.1) is 0 Å². The lowest BCUT2D eigenvalue weighted by Gasteiger charge is -2.10. The molecule has 0 fully saturated rings. The minimum atomic E-state index is -0.147. The Morgan fingerprint density at radius 2 is 1.26 bits per heavy atom. The molecule has 8 heteroatoms. The van der Waals surface area contributed by atoms with Crippen LogP contribution in [0.5, 0.6) is 0 Å². The fraction of sp³-hybridized carbons (Fsp3) is 0.0435. The first-order valence-corrected chi connectivity index (χ1v) is 11.1. The third-order valence-electron chi connectivity index (χ3n) is 4.86. The highest BCUT2D eigenvalue weighted by Crippen LogP contribution is 2.28. The third-order valence-corrected chi connectivity index (χ3v) is 6.84. The molecule has 0 N–H and O–H groups in total. The smallest absolute Gasteiger partial charge is 0.266 e. The second kappa shape index (κ2) is 8.05. The summed E-state index contributed by atoms with van der Waals surface area (Å²) in [6.07, 6.45) is 3.39. The Kier molecular flexibility index (Phi) is 5.09. The van der Waals surface area contributed by atoms with Crippen LogP contribution in [-0.4, -0.2) is 18.4 Å². The van der Waals surface area contributed by atoms with E-state index in [-0.39, 0.29) is 11.1 Å². The Morgan fingerprint density at radius 1 is 0.710 bits per heavy atom. The van der Waals surface area contributed by atoms with Crippen LogP contribution in [-0.2, 0) is 0 Å². The van der Waals surface area contributed by atoms with Crippen molar-refractivity contribution >= 4 is 45.4 Å². The lowest BCUT2D eigenvalue weighted by molar-refractivity contribution is 0.930. The molecule has 0 unspecified atom stereocenters. The van der Waals surface area contributed by atoms with Gasteiger partial charge >= 0.3 is 0 Å². The summed E-state index contributed by atoms with van der Waals surface area (Å²) in [5.41, 5.74) is 0.685. The molecule has 0 saturated heterocycles. The Bertz CT molecular complexity index is 1560. The van der Waals surface area contributed by atoms with Crippen LogP contribution < -0.4 is 11.1 Å². The number of rotatable bonds is 4. The molecular weight excluding hydrogens is 428 g/mol. The van der Waals surface area contributed by atoms with Crippen molar-refractivity contribution in [2.24, 2.45) is 0 Å². The molecule has 0 saturated carbocycles. The molecule has 0 amide bonds. The summed E-state index contributed by atoms with van der Waals surface area (Å²) in [7, 11) is 0. The van der Waals surface area contributed by atoms with Gasteiger partial charge in [-0.1, -0.05) is 36.4 Å². The van der Waals surface area contributed by atoms with E-state index in [0.717, 1.165) is 26.1 Å². The van der Waals surface area contributed by atoms with Crippen LogP contribution >= 0.6 is 23.9 Å². The average Bonchev–Trinajstić information content (AvgIpc) is 2.79. The van der Waals surface area contributed by atoms with Gasteiger partial charge in [0.25, 0.3) is 11.1 Å². The molecule has 0 spiro atoms. The Balaban J connectivity index is 1.43. The molecule has 0 atom stereocenters. The highest BCUT2D eigenvalue weighted by atomic mass is 32.2. The summed E-state index contributed by atoms with van der Waals surface area (Å²) in [5.74, 6) is 0. The molecule has 3 aromatic carbocycles. The molecular formula is C23H16N4O2S2. The molecule has 5 rings (SSSR count). The van der Waals surface area contributed by atoms with Crippen LogP contribution in [0.2, 0.25) is 0 Å². The Labute approximate surface area is 185 Å². The lowest BCUT2D eigenvalue weighted by Crippen LogP contribution is -2.18. The van der Waals surface area contributed by atoms with Gasteiger partial charge < -0.3 is 0 Å². The topological polar surface area (TPSA) is 69.8 Å². The van der Waals surface area contributed by atoms with E-state index >= 15 is 0 Å². The van der Waals surface area contributed by atoms with Crippen LogP contribution in [0, 0.1) is 6.92 Å². The highest BCUT2D eigenvalue weighted by molar-refractivity contribution is 7.98. The number of hydrogen-bond acceptors (Lipinski definition) is 6. The molecule has 0 bridgehead atoms. The molecule has 6 nitrogen and oxygen atoms in total. The van der Waals surface area contributed by atoms with Crippen LogP contribution in [0.15, 0.2) is 98.5 Å². The molecule has 152 valence electrons. The summed E-state index contributed by atoms with van der Waals surface area (Å²) in [4.78, 5) is 27.2. The number of fused-ring (bicyclic) bond motifs is 2. The summed E-state index contributed by atoms with van der Waals surface area (Å²) >= 11 is 2.54. The number of hydrogen-bond donors (Lipinski definition) is 0. The second-order valence-corrected chi connectivity index (χ2v) is 8.90. The standard InChI is InChI=1S/C23H16N4O2S2/c1-15-12-18(30-26-22(28)19-8-4-2-6-16(19)13-24-26)10-11-21(15)31-27-23(29)20-9-5-3-7-17(20)14-25-27/h2-14H,1H3. The van der Waals surface area contributed by atoms with Crippen molar-refractivity contribution in [3.05, 3.63) is 105 Å². The van der Waals surface area contributed by atoms with Gasteiger partial charge in [-0.2, -0.15) is 18.4 Å². The van der Waals surface area contributed by atoms with Gasteiger partial charge in [0.15, 0.2) is 0 Å². The minimum Gasteiger partial charge on any atom is -0.266 e. The first-order valence-electron chi connectivity index (χ1n) is 9.52. The molecule has 2 heterocycles. The quantitative estimate of drug-likeness (QED) is 0.406. The highest BCUT2D eigenvalue weighted by Gasteiger charge is 2.10. The Morgan fingerprint density at radius 3 is 1.84 bits per heavy atom. The monoisotopic (exact) mass is 444 g/mol. The largest absolute Gasteiger partial charge is 0.285 e. The van der Waals surface area contributed by atoms with Gasteiger partial charge in [0.2, 0.25) is 0 Å². The Hall–Kier alpha value is -3.36. The summed E-state index contributed by atoms with van der Waals surface area (Å²) in [6, 6.07) is 20.6. The summed E-state index contributed by atoms with van der Waals surface area (Å²) in [6.45, 7) is 1.97. The number of nitrogens with zero attached hydrogens (tertiary/aromatic N) is 4. The molecule has 0 aliphatic rings.